The first-order valence-corrected chi connectivity index (χ1v) is 9.67. The number of nitrogens with one attached hydrogen (secondary N) is 1. The van der Waals surface area contributed by atoms with Crippen molar-refractivity contribution < 1.29 is 4.79 Å². The Bertz CT molecular complexity index is 780. The molecule has 0 fully saturated rings. The third-order valence-electron chi connectivity index (χ3n) is 4.63. The SMILES string of the molecule is CCN(CC)CCNC(=O)CCCn1nc(-c2ccc(C)cc2)ccc1=O. The average Bonchev–Trinajstić information content (AvgIpc) is 2.67. The Morgan fingerprint density at radius 1 is 1.11 bits per heavy atom. The van der Waals surface area contributed by atoms with Gasteiger partial charge in [-0.1, -0.05) is 43.7 Å². The second-order valence-corrected chi connectivity index (χ2v) is 6.63. The molecule has 6 nitrogen and oxygen atoms in total. The van der Waals surface area contributed by atoms with E-state index in [2.05, 4.69) is 29.2 Å². The maximum atomic E-state index is 12.0. The molecule has 0 saturated carbocycles. The summed E-state index contributed by atoms with van der Waals surface area (Å²) in [6, 6.07) is 11.3. The molecule has 1 amide bonds. The molecule has 0 atom stereocenters. The summed E-state index contributed by atoms with van der Waals surface area (Å²) in [6.45, 7) is 10.2. The number of hydrogen-bond acceptors (Lipinski definition) is 4. The van der Waals surface area contributed by atoms with Crippen molar-refractivity contribution in [1.82, 2.24) is 20.0 Å². The van der Waals surface area contributed by atoms with E-state index >= 15 is 0 Å². The molecule has 1 N–H and O–H groups in total. The lowest BCUT2D eigenvalue weighted by Crippen LogP contribution is -2.34. The Labute approximate surface area is 161 Å². The van der Waals surface area contributed by atoms with Crippen molar-refractivity contribution >= 4 is 5.91 Å². The molecule has 0 aliphatic rings. The number of likely N-dealkylation sites (N-methyl/N-ethyl adjacent to an activating group) is 1. The lowest BCUT2D eigenvalue weighted by molar-refractivity contribution is -0.121. The maximum Gasteiger partial charge on any atom is 0.266 e. The molecule has 2 aromatic rings. The van der Waals surface area contributed by atoms with Crippen LogP contribution in [0.25, 0.3) is 11.3 Å². The van der Waals surface area contributed by atoms with Gasteiger partial charge in [0, 0.05) is 37.7 Å². The molecule has 1 aromatic carbocycles. The van der Waals surface area contributed by atoms with E-state index in [0.29, 0.717) is 25.9 Å². The van der Waals surface area contributed by atoms with Gasteiger partial charge in [-0.2, -0.15) is 5.10 Å². The number of benzene rings is 1. The van der Waals surface area contributed by atoms with Crippen molar-refractivity contribution in [2.45, 2.75) is 40.2 Å². The monoisotopic (exact) mass is 370 g/mol. The molecule has 6 heteroatoms. The third-order valence-corrected chi connectivity index (χ3v) is 4.63. The summed E-state index contributed by atoms with van der Waals surface area (Å²) in [6.07, 6.45) is 0.975. The van der Waals surface area contributed by atoms with Crippen LogP contribution in [0.4, 0.5) is 0 Å². The molecule has 0 saturated heterocycles. The predicted octanol–water partition coefficient (Wildman–Crippen LogP) is 2.46. The van der Waals surface area contributed by atoms with Crippen LogP contribution < -0.4 is 10.9 Å². The standard InChI is InChI=1S/C21H30N4O2/c1-4-24(5-2)16-14-22-20(26)7-6-15-25-21(27)13-12-19(23-25)18-10-8-17(3)9-11-18/h8-13H,4-7,14-16H2,1-3H3,(H,22,26). The molecule has 27 heavy (non-hydrogen) atoms. The van der Waals surface area contributed by atoms with Crippen LogP contribution >= 0.6 is 0 Å². The number of hydrogen-bond donors (Lipinski definition) is 1. The van der Waals surface area contributed by atoms with Crippen molar-refractivity contribution in [2.75, 3.05) is 26.2 Å². The molecule has 146 valence electrons. The summed E-state index contributed by atoms with van der Waals surface area (Å²) in [5.74, 6) is 0.0184. The second kappa shape index (κ2) is 10.6. The van der Waals surface area contributed by atoms with Crippen LogP contribution in [0.5, 0.6) is 0 Å². The summed E-state index contributed by atoms with van der Waals surface area (Å²) in [5, 5.41) is 7.38. The summed E-state index contributed by atoms with van der Waals surface area (Å²) in [5.41, 5.74) is 2.77. The fourth-order valence-corrected chi connectivity index (χ4v) is 2.86. The molecular formula is C21H30N4O2. The number of amides is 1. The lowest BCUT2D eigenvalue weighted by atomic mass is 10.1. The number of carbonyl (C=O) groups is 1. The second-order valence-electron chi connectivity index (χ2n) is 6.63. The number of carbonyl (C=O) groups excluding carboxylic acids is 1. The minimum absolute atomic E-state index is 0.0184. The quantitative estimate of drug-likeness (QED) is 0.698. The van der Waals surface area contributed by atoms with E-state index < -0.39 is 0 Å². The van der Waals surface area contributed by atoms with Crippen LogP contribution in [0, 0.1) is 6.92 Å². The molecule has 0 unspecified atom stereocenters. The molecule has 0 radical (unpaired) electrons. The van der Waals surface area contributed by atoms with Gasteiger partial charge >= 0.3 is 0 Å². The predicted molar refractivity (Wildman–Crippen MR) is 109 cm³/mol. The zero-order valence-corrected chi connectivity index (χ0v) is 16.6. The molecule has 0 aliphatic carbocycles. The van der Waals surface area contributed by atoms with Crippen LogP contribution in [0.15, 0.2) is 41.2 Å². The highest BCUT2D eigenvalue weighted by molar-refractivity contribution is 5.75. The van der Waals surface area contributed by atoms with E-state index in [1.54, 1.807) is 6.07 Å². The highest BCUT2D eigenvalue weighted by atomic mass is 16.1. The van der Waals surface area contributed by atoms with Gasteiger partial charge in [0.15, 0.2) is 0 Å². The van der Waals surface area contributed by atoms with E-state index in [1.165, 1.54) is 16.3 Å². The van der Waals surface area contributed by atoms with Gasteiger partial charge in [0.05, 0.1) is 5.69 Å². The Morgan fingerprint density at radius 3 is 2.48 bits per heavy atom. The topological polar surface area (TPSA) is 67.2 Å². The normalized spacial score (nSPS) is 11.0. The summed E-state index contributed by atoms with van der Waals surface area (Å²) < 4.78 is 1.44. The summed E-state index contributed by atoms with van der Waals surface area (Å²) in [7, 11) is 0. The van der Waals surface area contributed by atoms with Crippen molar-refractivity contribution in [1.29, 1.82) is 0 Å². The molecule has 1 aromatic heterocycles. The van der Waals surface area contributed by atoms with Crippen molar-refractivity contribution in [2.24, 2.45) is 0 Å². The third kappa shape index (κ3) is 6.64. The van der Waals surface area contributed by atoms with Gasteiger partial charge in [0.25, 0.3) is 5.56 Å². The molecule has 0 aliphatic heterocycles. The van der Waals surface area contributed by atoms with Crippen LogP contribution in [-0.4, -0.2) is 46.8 Å². The fraction of sp³-hybridized carbons (Fsp3) is 0.476. The Kier molecular flexibility index (Phi) is 8.20. The summed E-state index contributed by atoms with van der Waals surface area (Å²) in [4.78, 5) is 26.3. The van der Waals surface area contributed by atoms with Gasteiger partial charge in [0.1, 0.15) is 0 Å². The van der Waals surface area contributed by atoms with Gasteiger partial charge in [-0.15, -0.1) is 0 Å². The molecular weight excluding hydrogens is 340 g/mol. The fourth-order valence-electron chi connectivity index (χ4n) is 2.86. The van der Waals surface area contributed by atoms with E-state index in [0.717, 1.165) is 30.9 Å². The van der Waals surface area contributed by atoms with Crippen LogP contribution in [0.1, 0.15) is 32.3 Å². The zero-order chi connectivity index (χ0) is 19.6. The first-order valence-electron chi connectivity index (χ1n) is 9.67. The molecule has 0 spiro atoms. The van der Waals surface area contributed by atoms with Crippen LogP contribution in [0.2, 0.25) is 0 Å². The van der Waals surface area contributed by atoms with E-state index in [1.807, 2.05) is 31.2 Å². The van der Waals surface area contributed by atoms with Crippen molar-refractivity contribution in [3.63, 3.8) is 0 Å². The number of aryl methyl sites for hydroxylation is 2. The van der Waals surface area contributed by atoms with Crippen molar-refractivity contribution in [3.05, 3.63) is 52.3 Å². The Balaban J connectivity index is 1.85. The summed E-state index contributed by atoms with van der Waals surface area (Å²) >= 11 is 0. The first-order chi connectivity index (χ1) is 13.0. The van der Waals surface area contributed by atoms with Gasteiger partial charge in [-0.25, -0.2) is 4.68 Å². The maximum absolute atomic E-state index is 12.0. The minimum atomic E-state index is -0.146. The van der Waals surface area contributed by atoms with Gasteiger partial charge < -0.3 is 10.2 Å². The average molecular weight is 370 g/mol. The van der Waals surface area contributed by atoms with E-state index in [-0.39, 0.29) is 11.5 Å². The number of rotatable bonds is 10. The largest absolute Gasteiger partial charge is 0.355 e. The van der Waals surface area contributed by atoms with Crippen molar-refractivity contribution in [3.8, 4) is 11.3 Å². The first kappa shape index (κ1) is 20.8. The highest BCUT2D eigenvalue weighted by Gasteiger charge is 2.06. The smallest absolute Gasteiger partial charge is 0.266 e. The molecule has 0 bridgehead atoms. The van der Waals surface area contributed by atoms with Gasteiger partial charge in [-0.05, 0) is 32.5 Å². The Hall–Kier alpha value is -2.47. The zero-order valence-electron chi connectivity index (χ0n) is 16.6. The molecule has 2 rings (SSSR count). The van der Waals surface area contributed by atoms with Crippen LogP contribution in [0.3, 0.4) is 0 Å². The van der Waals surface area contributed by atoms with E-state index in [9.17, 15) is 9.59 Å². The van der Waals surface area contributed by atoms with Crippen LogP contribution in [-0.2, 0) is 11.3 Å². The number of nitrogens with zero attached hydrogens (tertiary/aromatic N) is 3. The van der Waals surface area contributed by atoms with Gasteiger partial charge in [0.2, 0.25) is 5.91 Å². The highest BCUT2D eigenvalue weighted by Crippen LogP contribution is 2.15. The molecule has 1 heterocycles. The number of aromatic nitrogens is 2. The Morgan fingerprint density at radius 2 is 1.81 bits per heavy atom. The lowest BCUT2D eigenvalue weighted by Gasteiger charge is -2.17. The van der Waals surface area contributed by atoms with Gasteiger partial charge in [-0.3, -0.25) is 9.59 Å². The minimum Gasteiger partial charge on any atom is -0.355 e. The van der Waals surface area contributed by atoms with E-state index in [4.69, 9.17) is 0 Å².